The zero-order chi connectivity index (χ0) is 18.6. The van der Waals surface area contributed by atoms with Gasteiger partial charge in [0, 0.05) is 12.6 Å². The van der Waals surface area contributed by atoms with Gasteiger partial charge in [-0.3, -0.25) is 0 Å². The normalized spacial score (nSPS) is 12.8. The molecule has 3 rings (SSSR count). The lowest BCUT2D eigenvalue weighted by molar-refractivity contribution is 0.174. The van der Waals surface area contributed by atoms with Crippen molar-refractivity contribution in [2.45, 2.75) is 17.7 Å². The summed E-state index contributed by atoms with van der Waals surface area (Å²) >= 11 is 0. The third-order valence-electron chi connectivity index (χ3n) is 4.03. The van der Waals surface area contributed by atoms with Gasteiger partial charge in [0.25, 0.3) is 0 Å². The van der Waals surface area contributed by atoms with E-state index in [9.17, 15) is 8.42 Å². The van der Waals surface area contributed by atoms with E-state index in [-0.39, 0.29) is 17.4 Å². The van der Waals surface area contributed by atoms with Crippen molar-refractivity contribution in [2.24, 2.45) is 0 Å². The van der Waals surface area contributed by atoms with E-state index in [0.717, 1.165) is 17.1 Å². The van der Waals surface area contributed by atoms with E-state index in [0.29, 0.717) is 25.1 Å². The molecule has 2 aromatic carbocycles. The van der Waals surface area contributed by atoms with Crippen molar-refractivity contribution >= 4 is 10.0 Å². The summed E-state index contributed by atoms with van der Waals surface area (Å²) in [5.41, 5.74) is 1.06. The molecule has 0 aromatic heterocycles. The van der Waals surface area contributed by atoms with Gasteiger partial charge in [-0.25, -0.2) is 13.1 Å². The summed E-state index contributed by atoms with van der Waals surface area (Å²) in [6, 6.07) is 10.4. The molecule has 8 heteroatoms. The highest BCUT2D eigenvalue weighted by atomic mass is 32.2. The molecule has 0 aliphatic carbocycles. The van der Waals surface area contributed by atoms with Crippen LogP contribution in [-0.2, 0) is 16.4 Å². The minimum Gasteiger partial charge on any atom is -0.497 e. The first kappa shape index (κ1) is 18.3. The predicted molar refractivity (Wildman–Crippen MR) is 95.6 cm³/mol. The number of hydrogen-bond acceptors (Lipinski definition) is 6. The monoisotopic (exact) mass is 379 g/mol. The highest BCUT2D eigenvalue weighted by Crippen LogP contribution is 2.32. The molecule has 2 aromatic rings. The van der Waals surface area contributed by atoms with Gasteiger partial charge in [-0.2, -0.15) is 0 Å². The molecular weight excluding hydrogens is 358 g/mol. The van der Waals surface area contributed by atoms with Crippen LogP contribution >= 0.6 is 0 Å². The molecule has 1 N–H and O–H groups in total. The van der Waals surface area contributed by atoms with Crippen molar-refractivity contribution in [3.05, 3.63) is 42.0 Å². The second kappa shape index (κ2) is 7.84. The number of methoxy groups -OCH3 is 2. The number of nitrogens with one attached hydrogen (secondary N) is 1. The maximum absolute atomic E-state index is 12.6. The number of fused-ring (bicyclic) bond motifs is 1. The Bertz CT molecular complexity index is 881. The van der Waals surface area contributed by atoms with Gasteiger partial charge in [-0.15, -0.1) is 0 Å². The number of hydrogen-bond donors (Lipinski definition) is 1. The lowest BCUT2D eigenvalue weighted by atomic mass is 10.1. The topological polar surface area (TPSA) is 83.1 Å². The smallest absolute Gasteiger partial charge is 0.244 e. The molecule has 0 amide bonds. The molecule has 140 valence electrons. The molecule has 26 heavy (non-hydrogen) atoms. The van der Waals surface area contributed by atoms with Crippen LogP contribution in [0.25, 0.3) is 0 Å². The largest absolute Gasteiger partial charge is 0.497 e. The van der Waals surface area contributed by atoms with Crippen molar-refractivity contribution in [3.8, 4) is 23.0 Å². The molecule has 1 aliphatic rings. The van der Waals surface area contributed by atoms with E-state index < -0.39 is 10.0 Å². The van der Waals surface area contributed by atoms with Crippen molar-refractivity contribution < 1.29 is 27.4 Å². The summed E-state index contributed by atoms with van der Waals surface area (Å²) in [6.45, 7) is 0.540. The molecule has 0 spiro atoms. The minimum absolute atomic E-state index is 0.0578. The van der Waals surface area contributed by atoms with E-state index in [1.165, 1.54) is 20.3 Å². The van der Waals surface area contributed by atoms with Crippen molar-refractivity contribution in [1.82, 2.24) is 4.72 Å². The fourth-order valence-electron chi connectivity index (χ4n) is 2.67. The molecule has 0 fully saturated rings. The van der Waals surface area contributed by atoms with Crippen LogP contribution in [0.1, 0.15) is 12.0 Å². The quantitative estimate of drug-likeness (QED) is 0.709. The van der Waals surface area contributed by atoms with Gasteiger partial charge in [-0.05, 0) is 42.7 Å². The first-order valence-electron chi connectivity index (χ1n) is 8.14. The SMILES string of the molecule is COc1ccc(OC)c(S(=O)(=O)NCCCc2ccc3c(c2)OCO3)c1. The molecule has 0 radical (unpaired) electrons. The van der Waals surface area contributed by atoms with Gasteiger partial charge >= 0.3 is 0 Å². The first-order chi connectivity index (χ1) is 12.5. The van der Waals surface area contributed by atoms with Crippen LogP contribution in [0.5, 0.6) is 23.0 Å². The number of rotatable bonds is 8. The number of aryl methyl sites for hydroxylation is 1. The van der Waals surface area contributed by atoms with Crippen LogP contribution < -0.4 is 23.7 Å². The zero-order valence-electron chi connectivity index (χ0n) is 14.7. The predicted octanol–water partition coefficient (Wildman–Crippen LogP) is 2.34. The third kappa shape index (κ3) is 4.03. The molecule has 0 bridgehead atoms. The van der Waals surface area contributed by atoms with Gasteiger partial charge in [0.15, 0.2) is 11.5 Å². The number of sulfonamides is 1. The Labute approximate surface area is 152 Å². The van der Waals surface area contributed by atoms with Crippen LogP contribution in [0.2, 0.25) is 0 Å². The van der Waals surface area contributed by atoms with Crippen LogP contribution in [0.3, 0.4) is 0 Å². The van der Waals surface area contributed by atoms with Gasteiger partial charge in [0.1, 0.15) is 16.4 Å². The Hall–Kier alpha value is -2.45. The standard InChI is InChI=1S/C18H21NO6S/c1-22-14-6-8-16(23-2)18(11-14)26(20,21)19-9-3-4-13-5-7-15-17(10-13)25-12-24-15/h5-8,10-11,19H,3-4,9,12H2,1-2H3. The Morgan fingerprint density at radius 3 is 2.62 bits per heavy atom. The molecule has 0 atom stereocenters. The van der Waals surface area contributed by atoms with Gasteiger partial charge < -0.3 is 18.9 Å². The summed E-state index contributed by atoms with van der Waals surface area (Å²) in [5, 5.41) is 0. The van der Waals surface area contributed by atoms with E-state index in [2.05, 4.69) is 4.72 Å². The second-order valence-electron chi connectivity index (χ2n) is 5.71. The summed E-state index contributed by atoms with van der Waals surface area (Å²) in [4.78, 5) is 0.0578. The number of benzene rings is 2. The minimum atomic E-state index is -3.70. The Kier molecular flexibility index (Phi) is 5.53. The first-order valence-corrected chi connectivity index (χ1v) is 9.62. The average Bonchev–Trinajstić information content (AvgIpc) is 3.12. The van der Waals surface area contributed by atoms with Crippen LogP contribution in [-0.4, -0.2) is 36.0 Å². The lowest BCUT2D eigenvalue weighted by Crippen LogP contribution is -2.25. The zero-order valence-corrected chi connectivity index (χ0v) is 15.5. The van der Waals surface area contributed by atoms with Gasteiger partial charge in [-0.1, -0.05) is 6.07 Å². The van der Waals surface area contributed by atoms with Gasteiger partial charge in [0.05, 0.1) is 14.2 Å². The number of ether oxygens (including phenoxy) is 4. The molecule has 1 heterocycles. The summed E-state index contributed by atoms with van der Waals surface area (Å²) < 4.78 is 48.6. The highest BCUT2D eigenvalue weighted by Gasteiger charge is 2.20. The summed E-state index contributed by atoms with van der Waals surface area (Å²) in [7, 11) is -0.785. The summed E-state index contributed by atoms with van der Waals surface area (Å²) in [6.07, 6.45) is 1.36. The molecule has 0 saturated heterocycles. The molecule has 0 unspecified atom stereocenters. The molecular formula is C18H21NO6S. The molecule has 7 nitrogen and oxygen atoms in total. The van der Waals surface area contributed by atoms with E-state index in [4.69, 9.17) is 18.9 Å². The Morgan fingerprint density at radius 2 is 1.85 bits per heavy atom. The Morgan fingerprint density at radius 1 is 1.04 bits per heavy atom. The second-order valence-corrected chi connectivity index (χ2v) is 7.44. The van der Waals surface area contributed by atoms with Gasteiger partial charge in [0.2, 0.25) is 16.8 Å². The lowest BCUT2D eigenvalue weighted by Gasteiger charge is -2.12. The average molecular weight is 379 g/mol. The van der Waals surface area contributed by atoms with E-state index in [1.54, 1.807) is 12.1 Å². The van der Waals surface area contributed by atoms with Crippen molar-refractivity contribution in [2.75, 3.05) is 27.6 Å². The summed E-state index contributed by atoms with van der Waals surface area (Å²) in [5.74, 6) is 2.18. The highest BCUT2D eigenvalue weighted by molar-refractivity contribution is 7.89. The molecule has 1 aliphatic heterocycles. The van der Waals surface area contributed by atoms with Crippen LogP contribution in [0, 0.1) is 0 Å². The third-order valence-corrected chi connectivity index (χ3v) is 5.51. The fraction of sp³-hybridized carbons (Fsp3) is 0.333. The maximum Gasteiger partial charge on any atom is 0.244 e. The van der Waals surface area contributed by atoms with E-state index in [1.807, 2.05) is 18.2 Å². The van der Waals surface area contributed by atoms with E-state index >= 15 is 0 Å². The van der Waals surface area contributed by atoms with Crippen LogP contribution in [0.15, 0.2) is 41.3 Å². The van der Waals surface area contributed by atoms with Crippen molar-refractivity contribution in [1.29, 1.82) is 0 Å². The molecule has 0 saturated carbocycles. The Balaban J connectivity index is 1.60. The maximum atomic E-state index is 12.6. The fourth-order valence-corrected chi connectivity index (χ4v) is 3.92. The van der Waals surface area contributed by atoms with Crippen LogP contribution in [0.4, 0.5) is 0 Å². The van der Waals surface area contributed by atoms with Crippen molar-refractivity contribution in [3.63, 3.8) is 0 Å².